The second-order valence-electron chi connectivity index (χ2n) is 7.74. The Kier molecular flexibility index (Phi) is 6.35. The normalized spacial score (nSPS) is 16.9. The third kappa shape index (κ3) is 5.33. The number of benzene rings is 2. The SMILES string of the molecule is O=C(Nc1ccc(CN2CCOC2=O)cc1)NC(CN1CCCC1=O)c1ccccc1. The quantitative estimate of drug-likeness (QED) is 0.717. The van der Waals surface area contributed by atoms with Gasteiger partial charge in [-0.25, -0.2) is 9.59 Å². The summed E-state index contributed by atoms with van der Waals surface area (Å²) in [6.45, 7) is 2.65. The standard InChI is InChI=1S/C23H26N4O4/c28-21-7-4-12-26(21)16-20(18-5-2-1-3-6-18)25-22(29)24-19-10-8-17(9-11-19)15-27-13-14-31-23(27)30/h1-3,5-6,8-11,20H,4,7,12-16H2,(H2,24,25,29). The van der Waals surface area contributed by atoms with Gasteiger partial charge in [0.05, 0.1) is 12.6 Å². The van der Waals surface area contributed by atoms with Crippen molar-refractivity contribution in [3.8, 4) is 0 Å². The summed E-state index contributed by atoms with van der Waals surface area (Å²) < 4.78 is 4.94. The molecule has 2 N–H and O–H groups in total. The summed E-state index contributed by atoms with van der Waals surface area (Å²) in [5, 5.41) is 5.84. The highest BCUT2D eigenvalue weighted by molar-refractivity contribution is 5.89. The summed E-state index contributed by atoms with van der Waals surface area (Å²) in [6.07, 6.45) is 1.12. The average molecular weight is 422 g/mol. The first-order valence-electron chi connectivity index (χ1n) is 10.5. The van der Waals surface area contributed by atoms with E-state index >= 15 is 0 Å². The maximum Gasteiger partial charge on any atom is 0.410 e. The van der Waals surface area contributed by atoms with Crippen LogP contribution in [0.3, 0.4) is 0 Å². The molecule has 0 aliphatic carbocycles. The Balaban J connectivity index is 1.37. The molecule has 1 unspecified atom stereocenters. The maximum atomic E-state index is 12.7. The van der Waals surface area contributed by atoms with Crippen molar-refractivity contribution < 1.29 is 19.1 Å². The molecule has 2 saturated heterocycles. The van der Waals surface area contributed by atoms with Crippen molar-refractivity contribution in [3.63, 3.8) is 0 Å². The number of ether oxygens (including phenoxy) is 1. The molecule has 2 aromatic rings. The molecule has 0 bridgehead atoms. The number of nitrogens with one attached hydrogen (secondary N) is 2. The fraction of sp³-hybridized carbons (Fsp3) is 0.348. The number of hydrogen-bond donors (Lipinski definition) is 2. The van der Waals surface area contributed by atoms with Crippen LogP contribution in [-0.4, -0.2) is 54.1 Å². The highest BCUT2D eigenvalue weighted by Gasteiger charge is 2.25. The van der Waals surface area contributed by atoms with Crippen molar-refractivity contribution in [2.45, 2.75) is 25.4 Å². The van der Waals surface area contributed by atoms with Gasteiger partial charge < -0.3 is 25.2 Å². The smallest absolute Gasteiger partial charge is 0.410 e. The Labute approximate surface area is 181 Å². The van der Waals surface area contributed by atoms with Gasteiger partial charge in [0.25, 0.3) is 0 Å². The van der Waals surface area contributed by atoms with Crippen molar-refractivity contribution in [1.82, 2.24) is 15.1 Å². The fourth-order valence-electron chi connectivity index (χ4n) is 3.85. The molecule has 0 spiro atoms. The van der Waals surface area contributed by atoms with Crippen LogP contribution in [0.5, 0.6) is 0 Å². The molecule has 0 aromatic heterocycles. The van der Waals surface area contributed by atoms with E-state index < -0.39 is 0 Å². The van der Waals surface area contributed by atoms with E-state index in [2.05, 4.69) is 10.6 Å². The van der Waals surface area contributed by atoms with Crippen LogP contribution in [0, 0.1) is 0 Å². The third-order valence-electron chi connectivity index (χ3n) is 5.51. The van der Waals surface area contributed by atoms with Gasteiger partial charge in [-0.2, -0.15) is 0 Å². The summed E-state index contributed by atoms with van der Waals surface area (Å²) in [4.78, 5) is 39.7. The summed E-state index contributed by atoms with van der Waals surface area (Å²) in [6, 6.07) is 16.4. The number of carbonyl (C=O) groups excluding carboxylic acids is 3. The largest absolute Gasteiger partial charge is 0.448 e. The molecular weight excluding hydrogens is 396 g/mol. The third-order valence-corrected chi connectivity index (χ3v) is 5.51. The van der Waals surface area contributed by atoms with Crippen molar-refractivity contribution in [2.75, 3.05) is 31.6 Å². The lowest BCUT2D eigenvalue weighted by molar-refractivity contribution is -0.128. The van der Waals surface area contributed by atoms with Gasteiger partial charge in [-0.15, -0.1) is 0 Å². The van der Waals surface area contributed by atoms with E-state index in [0.717, 1.165) is 24.1 Å². The molecule has 2 fully saturated rings. The Morgan fingerprint density at radius 2 is 1.77 bits per heavy atom. The van der Waals surface area contributed by atoms with E-state index in [1.807, 2.05) is 42.5 Å². The predicted molar refractivity (Wildman–Crippen MR) is 115 cm³/mol. The summed E-state index contributed by atoms with van der Waals surface area (Å²) in [5.74, 6) is 0.126. The lowest BCUT2D eigenvalue weighted by Crippen LogP contribution is -2.40. The van der Waals surface area contributed by atoms with Crippen LogP contribution in [0.25, 0.3) is 0 Å². The van der Waals surface area contributed by atoms with E-state index in [1.165, 1.54) is 0 Å². The van der Waals surface area contributed by atoms with Crippen LogP contribution in [0.15, 0.2) is 54.6 Å². The molecule has 162 valence electrons. The average Bonchev–Trinajstić information content (AvgIpc) is 3.37. The lowest BCUT2D eigenvalue weighted by atomic mass is 10.1. The molecule has 2 aromatic carbocycles. The molecule has 1 atom stereocenters. The minimum atomic E-state index is -0.337. The minimum absolute atomic E-state index is 0.126. The first-order valence-corrected chi connectivity index (χ1v) is 10.5. The molecule has 2 aliphatic rings. The highest BCUT2D eigenvalue weighted by Crippen LogP contribution is 2.19. The Bertz CT molecular complexity index is 932. The highest BCUT2D eigenvalue weighted by atomic mass is 16.6. The number of carbonyl (C=O) groups is 3. The van der Waals surface area contributed by atoms with E-state index in [4.69, 9.17) is 4.74 Å². The molecule has 4 rings (SSSR count). The Morgan fingerprint density at radius 3 is 2.42 bits per heavy atom. The predicted octanol–water partition coefficient (Wildman–Crippen LogP) is 3.12. The van der Waals surface area contributed by atoms with Gasteiger partial charge in [-0.05, 0) is 29.7 Å². The first kappa shape index (κ1) is 20.7. The van der Waals surface area contributed by atoms with E-state index in [0.29, 0.717) is 38.3 Å². The molecule has 8 nitrogen and oxygen atoms in total. The zero-order chi connectivity index (χ0) is 21.6. The molecule has 0 saturated carbocycles. The molecule has 8 heteroatoms. The number of nitrogens with zero attached hydrogens (tertiary/aromatic N) is 2. The van der Waals surface area contributed by atoms with Crippen LogP contribution in [-0.2, 0) is 16.1 Å². The van der Waals surface area contributed by atoms with Gasteiger partial charge in [0.1, 0.15) is 6.61 Å². The fourth-order valence-corrected chi connectivity index (χ4v) is 3.85. The van der Waals surface area contributed by atoms with Gasteiger partial charge in [-0.3, -0.25) is 4.79 Å². The monoisotopic (exact) mass is 422 g/mol. The summed E-state index contributed by atoms with van der Waals surface area (Å²) in [5.41, 5.74) is 2.55. The van der Waals surface area contributed by atoms with Crippen molar-refractivity contribution in [1.29, 1.82) is 0 Å². The van der Waals surface area contributed by atoms with Crippen LogP contribution in [0.2, 0.25) is 0 Å². The van der Waals surface area contributed by atoms with Gasteiger partial charge >= 0.3 is 12.1 Å². The second kappa shape index (κ2) is 9.51. The van der Waals surface area contributed by atoms with Crippen molar-refractivity contribution in [2.24, 2.45) is 0 Å². The van der Waals surface area contributed by atoms with Gasteiger partial charge in [-0.1, -0.05) is 42.5 Å². The zero-order valence-electron chi connectivity index (χ0n) is 17.3. The molecule has 2 heterocycles. The number of hydrogen-bond acceptors (Lipinski definition) is 4. The number of anilines is 1. The summed E-state index contributed by atoms with van der Waals surface area (Å²) in [7, 11) is 0. The number of likely N-dealkylation sites (tertiary alicyclic amines) is 1. The minimum Gasteiger partial charge on any atom is -0.448 e. The number of rotatable bonds is 7. The van der Waals surface area contributed by atoms with E-state index in [1.54, 1.807) is 21.9 Å². The number of amides is 4. The lowest BCUT2D eigenvalue weighted by Gasteiger charge is -2.25. The van der Waals surface area contributed by atoms with Crippen LogP contribution in [0.4, 0.5) is 15.3 Å². The van der Waals surface area contributed by atoms with Gasteiger partial charge in [0, 0.05) is 31.7 Å². The van der Waals surface area contributed by atoms with E-state index in [9.17, 15) is 14.4 Å². The van der Waals surface area contributed by atoms with Crippen LogP contribution >= 0.6 is 0 Å². The topological polar surface area (TPSA) is 91.0 Å². The van der Waals surface area contributed by atoms with Crippen LogP contribution in [0.1, 0.15) is 30.0 Å². The zero-order valence-corrected chi connectivity index (χ0v) is 17.3. The number of urea groups is 1. The maximum absolute atomic E-state index is 12.7. The van der Waals surface area contributed by atoms with E-state index in [-0.39, 0.29) is 24.1 Å². The first-order chi connectivity index (χ1) is 15.1. The van der Waals surface area contributed by atoms with Crippen molar-refractivity contribution >= 4 is 23.7 Å². The molecule has 2 aliphatic heterocycles. The van der Waals surface area contributed by atoms with Crippen LogP contribution < -0.4 is 10.6 Å². The number of cyclic esters (lactones) is 1. The van der Waals surface area contributed by atoms with Gasteiger partial charge in [0.15, 0.2) is 0 Å². The second-order valence-corrected chi connectivity index (χ2v) is 7.74. The van der Waals surface area contributed by atoms with Crippen molar-refractivity contribution in [3.05, 3.63) is 65.7 Å². The van der Waals surface area contributed by atoms with Gasteiger partial charge in [0.2, 0.25) is 5.91 Å². The Morgan fingerprint density at radius 1 is 1.00 bits per heavy atom. The molecular formula is C23H26N4O4. The summed E-state index contributed by atoms with van der Waals surface area (Å²) >= 11 is 0. The molecule has 31 heavy (non-hydrogen) atoms. The Hall–Kier alpha value is -3.55. The molecule has 0 radical (unpaired) electrons. The molecule has 4 amide bonds.